The zero-order valence-corrected chi connectivity index (χ0v) is 15.5. The fourth-order valence-corrected chi connectivity index (χ4v) is 3.07. The second kappa shape index (κ2) is 8.65. The van der Waals surface area contributed by atoms with Gasteiger partial charge in [-0.15, -0.1) is 12.4 Å². The molecule has 1 aliphatic rings. The Morgan fingerprint density at radius 1 is 1.04 bits per heavy atom. The number of amides is 1. The number of rotatable bonds is 6. The summed E-state index contributed by atoms with van der Waals surface area (Å²) in [5, 5.41) is 0. The van der Waals surface area contributed by atoms with E-state index in [1.807, 2.05) is 18.2 Å². The molecule has 0 aromatic heterocycles. The fraction of sp³-hybridized carbons (Fsp3) is 0.350. The Kier molecular flexibility index (Phi) is 6.76. The first-order valence-electron chi connectivity index (χ1n) is 8.64. The van der Waals surface area contributed by atoms with E-state index < -0.39 is 11.7 Å². The molecule has 0 saturated heterocycles. The van der Waals surface area contributed by atoms with Crippen LogP contribution in [-0.2, 0) is 23.9 Å². The third-order valence-corrected chi connectivity index (χ3v) is 4.63. The van der Waals surface area contributed by atoms with Crippen LogP contribution in [0, 0.1) is 0 Å². The second-order valence-corrected chi connectivity index (χ2v) is 6.61. The smallest absolute Gasteiger partial charge is 0.399 e. The summed E-state index contributed by atoms with van der Waals surface area (Å²) in [7, 11) is 0. The molecule has 7 heteroatoms. The van der Waals surface area contributed by atoms with Gasteiger partial charge in [0.05, 0.1) is 5.56 Å². The van der Waals surface area contributed by atoms with Crippen LogP contribution in [0.4, 0.5) is 18.9 Å². The van der Waals surface area contributed by atoms with Gasteiger partial charge in [-0.1, -0.05) is 36.4 Å². The van der Waals surface area contributed by atoms with Gasteiger partial charge in [0.25, 0.3) is 0 Å². The van der Waals surface area contributed by atoms with E-state index in [2.05, 4.69) is 0 Å². The van der Waals surface area contributed by atoms with Gasteiger partial charge in [-0.2, -0.15) is 13.2 Å². The van der Waals surface area contributed by atoms with E-state index in [4.69, 9.17) is 5.73 Å². The van der Waals surface area contributed by atoms with Gasteiger partial charge in [0.2, 0.25) is 5.91 Å². The molecular weight excluding hydrogens is 377 g/mol. The van der Waals surface area contributed by atoms with E-state index in [1.54, 1.807) is 17.0 Å². The number of carbonyl (C=O) groups excluding carboxylic acids is 1. The minimum atomic E-state index is -4.42. The lowest BCUT2D eigenvalue weighted by molar-refractivity contribution is -0.140. The number of aryl methyl sites for hydroxylation is 1. The summed E-state index contributed by atoms with van der Waals surface area (Å²) in [6, 6.07) is 12.8. The highest BCUT2D eigenvalue weighted by atomic mass is 35.5. The van der Waals surface area contributed by atoms with Gasteiger partial charge in [-0.05, 0) is 42.5 Å². The molecule has 0 atom stereocenters. The van der Waals surface area contributed by atoms with E-state index in [1.165, 1.54) is 12.1 Å². The summed E-state index contributed by atoms with van der Waals surface area (Å²) in [6.45, 7) is -0.0105. The number of nitrogens with two attached hydrogens (primary N) is 1. The van der Waals surface area contributed by atoms with Crippen LogP contribution in [0.5, 0.6) is 0 Å². The lowest BCUT2D eigenvalue weighted by Gasteiger charge is -2.24. The first-order chi connectivity index (χ1) is 12.4. The summed E-state index contributed by atoms with van der Waals surface area (Å²) < 4.78 is 39.6. The molecule has 1 aliphatic carbocycles. The van der Waals surface area contributed by atoms with Crippen LogP contribution in [0.2, 0.25) is 0 Å². The van der Waals surface area contributed by atoms with Gasteiger partial charge in [0, 0.05) is 24.7 Å². The van der Waals surface area contributed by atoms with E-state index in [-0.39, 0.29) is 42.9 Å². The van der Waals surface area contributed by atoms with E-state index in [9.17, 15) is 18.0 Å². The number of nitrogen functional groups attached to an aromatic ring is 1. The maximum Gasteiger partial charge on any atom is 0.416 e. The number of halogens is 4. The van der Waals surface area contributed by atoms with Gasteiger partial charge in [0.15, 0.2) is 0 Å². The molecule has 3 rings (SSSR count). The minimum Gasteiger partial charge on any atom is -0.399 e. The zero-order chi connectivity index (χ0) is 18.7. The zero-order valence-electron chi connectivity index (χ0n) is 14.7. The average molecular weight is 399 g/mol. The Bertz CT molecular complexity index is 791. The summed E-state index contributed by atoms with van der Waals surface area (Å²) in [4.78, 5) is 14.3. The van der Waals surface area contributed by atoms with Crippen molar-refractivity contribution in [1.29, 1.82) is 0 Å². The number of alkyl halides is 3. The maximum atomic E-state index is 13.2. The molecule has 0 aliphatic heterocycles. The molecule has 0 heterocycles. The van der Waals surface area contributed by atoms with Crippen molar-refractivity contribution in [2.24, 2.45) is 0 Å². The van der Waals surface area contributed by atoms with Crippen LogP contribution in [-0.4, -0.2) is 16.8 Å². The highest BCUT2D eigenvalue weighted by Crippen LogP contribution is 2.35. The Hall–Kier alpha value is -2.21. The number of hydrogen-bond donors (Lipinski definition) is 1. The molecule has 2 N–H and O–H groups in total. The summed E-state index contributed by atoms with van der Waals surface area (Å²) in [6.07, 6.45) is -2.03. The Labute approximate surface area is 162 Å². The monoisotopic (exact) mass is 398 g/mol. The largest absolute Gasteiger partial charge is 0.416 e. The van der Waals surface area contributed by atoms with Gasteiger partial charge in [0.1, 0.15) is 0 Å². The first kappa shape index (κ1) is 21.1. The lowest BCUT2D eigenvalue weighted by atomic mass is 10.0. The Balaban J connectivity index is 0.00000261. The molecule has 2 aromatic rings. The van der Waals surface area contributed by atoms with Gasteiger partial charge in [-0.3, -0.25) is 4.79 Å². The van der Waals surface area contributed by atoms with Crippen molar-refractivity contribution in [1.82, 2.24) is 4.90 Å². The summed E-state index contributed by atoms with van der Waals surface area (Å²) >= 11 is 0. The van der Waals surface area contributed by atoms with Crippen LogP contribution >= 0.6 is 12.4 Å². The molecule has 146 valence electrons. The number of nitrogens with zero attached hydrogens (tertiary/aromatic N) is 1. The second-order valence-electron chi connectivity index (χ2n) is 6.61. The van der Waals surface area contributed by atoms with Crippen LogP contribution in [0.25, 0.3) is 0 Å². The van der Waals surface area contributed by atoms with Crippen molar-refractivity contribution >= 4 is 24.0 Å². The highest BCUT2D eigenvalue weighted by molar-refractivity contribution is 5.85. The molecule has 0 bridgehead atoms. The molecule has 0 radical (unpaired) electrons. The Morgan fingerprint density at radius 2 is 1.63 bits per heavy atom. The van der Waals surface area contributed by atoms with Crippen molar-refractivity contribution < 1.29 is 18.0 Å². The maximum absolute atomic E-state index is 13.2. The minimum absolute atomic E-state index is 0. The lowest BCUT2D eigenvalue weighted by Crippen LogP contribution is -2.33. The number of hydrogen-bond acceptors (Lipinski definition) is 2. The molecule has 1 fully saturated rings. The van der Waals surface area contributed by atoms with Crippen molar-refractivity contribution in [2.45, 2.75) is 44.4 Å². The SMILES string of the molecule is Cl.Nc1ccccc1CCC(=O)N(Cc1ccccc1C(F)(F)F)C1CC1. The third kappa shape index (κ3) is 5.39. The topological polar surface area (TPSA) is 46.3 Å². The van der Waals surface area contributed by atoms with E-state index >= 15 is 0 Å². The van der Waals surface area contributed by atoms with Gasteiger partial charge < -0.3 is 10.6 Å². The molecule has 0 spiro atoms. The molecule has 0 unspecified atom stereocenters. The predicted octanol–water partition coefficient (Wildman–Crippen LogP) is 4.83. The predicted molar refractivity (Wildman–Crippen MR) is 101 cm³/mol. The number of para-hydroxylation sites is 1. The molecule has 1 amide bonds. The van der Waals surface area contributed by atoms with Crippen molar-refractivity contribution in [3.05, 3.63) is 65.2 Å². The fourth-order valence-electron chi connectivity index (χ4n) is 3.07. The molecule has 1 saturated carbocycles. The van der Waals surface area contributed by atoms with Gasteiger partial charge >= 0.3 is 6.18 Å². The van der Waals surface area contributed by atoms with Crippen LogP contribution in [0.15, 0.2) is 48.5 Å². The van der Waals surface area contributed by atoms with Gasteiger partial charge in [-0.25, -0.2) is 0 Å². The highest BCUT2D eigenvalue weighted by Gasteiger charge is 2.36. The first-order valence-corrected chi connectivity index (χ1v) is 8.64. The average Bonchev–Trinajstić information content (AvgIpc) is 3.43. The third-order valence-electron chi connectivity index (χ3n) is 4.63. The summed E-state index contributed by atoms with van der Waals surface area (Å²) in [5.74, 6) is -0.132. The number of anilines is 1. The van der Waals surface area contributed by atoms with Crippen molar-refractivity contribution in [2.75, 3.05) is 5.73 Å². The number of benzene rings is 2. The number of carbonyl (C=O) groups is 1. The normalized spacial score (nSPS) is 13.7. The molecule has 27 heavy (non-hydrogen) atoms. The van der Waals surface area contributed by atoms with Crippen LogP contribution in [0.3, 0.4) is 0 Å². The quantitative estimate of drug-likeness (QED) is 0.708. The standard InChI is InChI=1S/C20H21F3N2O.ClH/c21-20(22,23)17-7-3-1-6-15(17)13-25(16-10-11-16)19(26)12-9-14-5-2-4-8-18(14)24;/h1-8,16H,9-13,24H2;1H. The molecular formula is C20H22ClF3N2O. The summed E-state index contributed by atoms with van der Waals surface area (Å²) in [5.41, 5.74) is 6.87. The van der Waals surface area contributed by atoms with Crippen LogP contribution < -0.4 is 5.73 Å². The molecule has 3 nitrogen and oxygen atoms in total. The van der Waals surface area contributed by atoms with Crippen molar-refractivity contribution in [3.63, 3.8) is 0 Å². The Morgan fingerprint density at radius 3 is 2.22 bits per heavy atom. The molecule has 2 aromatic carbocycles. The van der Waals surface area contributed by atoms with E-state index in [0.717, 1.165) is 24.5 Å². The van der Waals surface area contributed by atoms with Crippen LogP contribution in [0.1, 0.15) is 36.0 Å². The van der Waals surface area contributed by atoms with Crippen molar-refractivity contribution in [3.8, 4) is 0 Å². The van der Waals surface area contributed by atoms with E-state index in [0.29, 0.717) is 12.1 Å².